The van der Waals surface area contributed by atoms with Crippen LogP contribution >= 0.6 is 0 Å². The zero-order chi connectivity index (χ0) is 11.4. The highest BCUT2D eigenvalue weighted by molar-refractivity contribution is 5.38. The maximum absolute atomic E-state index is 4.27. The fraction of sp³-hybridized carbons (Fsp3) is 0.667. The summed E-state index contributed by atoms with van der Waals surface area (Å²) < 4.78 is 0. The zero-order valence-corrected chi connectivity index (χ0v) is 10.1. The Labute approximate surface area is 97.1 Å². The third kappa shape index (κ3) is 2.92. The van der Waals surface area contributed by atoms with E-state index in [4.69, 9.17) is 0 Å². The molecule has 0 aliphatic carbocycles. The lowest BCUT2D eigenvalue weighted by molar-refractivity contribution is 0.577. The molecule has 1 aliphatic rings. The van der Waals surface area contributed by atoms with Crippen LogP contribution in [0.25, 0.3) is 0 Å². The molecule has 0 aromatic carbocycles. The molecule has 0 saturated carbocycles. The van der Waals surface area contributed by atoms with Gasteiger partial charge in [-0.05, 0) is 25.0 Å². The average molecular weight is 220 g/mol. The normalized spacial score (nSPS) is 16.1. The van der Waals surface area contributed by atoms with Gasteiger partial charge in [-0.25, -0.2) is 0 Å². The van der Waals surface area contributed by atoms with E-state index < -0.39 is 0 Å². The Kier molecular flexibility index (Phi) is 3.72. The van der Waals surface area contributed by atoms with Crippen molar-refractivity contribution in [1.29, 1.82) is 0 Å². The van der Waals surface area contributed by atoms with E-state index in [0.29, 0.717) is 6.04 Å². The first-order valence-electron chi connectivity index (χ1n) is 6.06. The van der Waals surface area contributed by atoms with E-state index in [2.05, 4.69) is 46.4 Å². The molecular weight excluding hydrogens is 200 g/mol. The summed E-state index contributed by atoms with van der Waals surface area (Å²) >= 11 is 0. The van der Waals surface area contributed by atoms with Crippen LogP contribution in [0.5, 0.6) is 0 Å². The van der Waals surface area contributed by atoms with Crippen LogP contribution in [0.4, 0.5) is 5.82 Å². The van der Waals surface area contributed by atoms with E-state index in [9.17, 15) is 0 Å². The number of hydrogen-bond donors (Lipinski definition) is 1. The summed E-state index contributed by atoms with van der Waals surface area (Å²) in [6, 6.07) is 4.63. The molecule has 1 saturated heterocycles. The lowest BCUT2D eigenvalue weighted by Gasteiger charge is -2.15. The Bertz CT molecular complexity index is 314. The molecule has 4 heteroatoms. The summed E-state index contributed by atoms with van der Waals surface area (Å²) in [5.41, 5.74) is 1.01. The van der Waals surface area contributed by atoms with Crippen LogP contribution in [0.2, 0.25) is 0 Å². The molecular formula is C12H20N4. The largest absolute Gasteiger partial charge is 0.355 e. The highest BCUT2D eigenvalue weighted by Gasteiger charge is 2.13. The van der Waals surface area contributed by atoms with Gasteiger partial charge in [0.05, 0.1) is 5.69 Å². The van der Waals surface area contributed by atoms with Crippen molar-refractivity contribution in [2.75, 3.05) is 18.0 Å². The molecule has 88 valence electrons. The SMILES string of the molecule is CC(C)NCc1ccc(N2CCCC2)nn1. The van der Waals surface area contributed by atoms with Gasteiger partial charge in [0.15, 0.2) is 5.82 Å². The molecule has 0 radical (unpaired) electrons. The topological polar surface area (TPSA) is 41.0 Å². The summed E-state index contributed by atoms with van der Waals surface area (Å²) in [4.78, 5) is 2.30. The summed E-state index contributed by atoms with van der Waals surface area (Å²) in [6.07, 6.45) is 2.55. The molecule has 1 aliphatic heterocycles. The Morgan fingerprint density at radius 1 is 1.25 bits per heavy atom. The van der Waals surface area contributed by atoms with Gasteiger partial charge in [0.2, 0.25) is 0 Å². The van der Waals surface area contributed by atoms with Gasteiger partial charge in [-0.3, -0.25) is 0 Å². The van der Waals surface area contributed by atoms with Gasteiger partial charge in [0, 0.05) is 25.7 Å². The van der Waals surface area contributed by atoms with Crippen LogP contribution in [0.1, 0.15) is 32.4 Å². The highest BCUT2D eigenvalue weighted by atomic mass is 15.3. The molecule has 1 N–H and O–H groups in total. The van der Waals surface area contributed by atoms with Gasteiger partial charge in [0.25, 0.3) is 0 Å². The lowest BCUT2D eigenvalue weighted by Crippen LogP contribution is -2.23. The van der Waals surface area contributed by atoms with E-state index >= 15 is 0 Å². The summed E-state index contributed by atoms with van der Waals surface area (Å²) in [7, 11) is 0. The first kappa shape index (κ1) is 11.3. The maximum Gasteiger partial charge on any atom is 0.151 e. The highest BCUT2D eigenvalue weighted by Crippen LogP contribution is 2.16. The molecule has 0 atom stereocenters. The number of aromatic nitrogens is 2. The van der Waals surface area contributed by atoms with Gasteiger partial charge in [-0.2, -0.15) is 5.10 Å². The first-order chi connectivity index (χ1) is 7.75. The third-order valence-electron chi connectivity index (χ3n) is 2.83. The minimum absolute atomic E-state index is 0.486. The lowest BCUT2D eigenvalue weighted by atomic mass is 10.3. The average Bonchev–Trinajstić information content (AvgIpc) is 2.80. The van der Waals surface area contributed by atoms with Crippen LogP contribution in [-0.4, -0.2) is 29.3 Å². The molecule has 4 nitrogen and oxygen atoms in total. The van der Waals surface area contributed by atoms with Crippen molar-refractivity contribution in [3.63, 3.8) is 0 Å². The second-order valence-corrected chi connectivity index (χ2v) is 4.61. The third-order valence-corrected chi connectivity index (χ3v) is 2.83. The van der Waals surface area contributed by atoms with Gasteiger partial charge in [-0.1, -0.05) is 13.8 Å². The number of nitrogens with one attached hydrogen (secondary N) is 1. The van der Waals surface area contributed by atoms with Crippen molar-refractivity contribution in [3.8, 4) is 0 Å². The molecule has 1 fully saturated rings. The second kappa shape index (κ2) is 5.25. The first-order valence-corrected chi connectivity index (χ1v) is 6.06. The number of rotatable bonds is 4. The van der Waals surface area contributed by atoms with Crippen LogP contribution in [0.3, 0.4) is 0 Å². The van der Waals surface area contributed by atoms with E-state index in [1.54, 1.807) is 0 Å². The molecule has 0 spiro atoms. The maximum atomic E-state index is 4.27. The molecule has 1 aromatic heterocycles. The van der Waals surface area contributed by atoms with Gasteiger partial charge >= 0.3 is 0 Å². The molecule has 2 heterocycles. The minimum Gasteiger partial charge on any atom is -0.355 e. The fourth-order valence-electron chi connectivity index (χ4n) is 1.87. The number of hydrogen-bond acceptors (Lipinski definition) is 4. The molecule has 0 bridgehead atoms. The summed E-state index contributed by atoms with van der Waals surface area (Å²) in [6.45, 7) is 7.31. The van der Waals surface area contributed by atoms with Crippen molar-refractivity contribution >= 4 is 5.82 Å². The van der Waals surface area contributed by atoms with E-state index in [0.717, 1.165) is 31.1 Å². The fourth-order valence-corrected chi connectivity index (χ4v) is 1.87. The van der Waals surface area contributed by atoms with E-state index in [-0.39, 0.29) is 0 Å². The van der Waals surface area contributed by atoms with E-state index in [1.165, 1.54) is 12.8 Å². The minimum atomic E-state index is 0.486. The summed E-state index contributed by atoms with van der Waals surface area (Å²) in [5, 5.41) is 11.9. The smallest absolute Gasteiger partial charge is 0.151 e. The van der Waals surface area contributed by atoms with E-state index in [1.807, 2.05) is 0 Å². The molecule has 0 unspecified atom stereocenters. The Morgan fingerprint density at radius 2 is 2.00 bits per heavy atom. The quantitative estimate of drug-likeness (QED) is 0.836. The zero-order valence-electron chi connectivity index (χ0n) is 10.1. The van der Waals surface area contributed by atoms with Gasteiger partial charge < -0.3 is 10.2 Å². The molecule has 1 aromatic rings. The van der Waals surface area contributed by atoms with Gasteiger partial charge in [0.1, 0.15) is 0 Å². The molecule has 0 amide bonds. The Balaban J connectivity index is 1.93. The predicted octanol–water partition coefficient (Wildman–Crippen LogP) is 1.57. The van der Waals surface area contributed by atoms with Crippen molar-refractivity contribution in [3.05, 3.63) is 17.8 Å². The molecule has 16 heavy (non-hydrogen) atoms. The van der Waals surface area contributed by atoms with Crippen molar-refractivity contribution < 1.29 is 0 Å². The Hall–Kier alpha value is -1.16. The standard InChI is InChI=1S/C12H20N4/c1-10(2)13-9-11-5-6-12(15-14-11)16-7-3-4-8-16/h5-6,10,13H,3-4,7-9H2,1-2H3. The van der Waals surface area contributed by atoms with Crippen molar-refractivity contribution in [2.45, 2.75) is 39.3 Å². The van der Waals surface area contributed by atoms with Crippen LogP contribution < -0.4 is 10.2 Å². The second-order valence-electron chi connectivity index (χ2n) is 4.61. The summed E-state index contributed by atoms with van der Waals surface area (Å²) in [5.74, 6) is 1.02. The van der Waals surface area contributed by atoms with Crippen molar-refractivity contribution in [1.82, 2.24) is 15.5 Å². The Morgan fingerprint density at radius 3 is 2.56 bits per heavy atom. The van der Waals surface area contributed by atoms with Crippen molar-refractivity contribution in [2.24, 2.45) is 0 Å². The van der Waals surface area contributed by atoms with Crippen LogP contribution in [0, 0.1) is 0 Å². The van der Waals surface area contributed by atoms with Gasteiger partial charge in [-0.15, -0.1) is 5.10 Å². The number of nitrogens with zero attached hydrogens (tertiary/aromatic N) is 3. The molecule has 2 rings (SSSR count). The monoisotopic (exact) mass is 220 g/mol. The number of anilines is 1. The predicted molar refractivity (Wildman–Crippen MR) is 65.5 cm³/mol. The van der Waals surface area contributed by atoms with Crippen LogP contribution in [0.15, 0.2) is 12.1 Å². The van der Waals surface area contributed by atoms with Crippen LogP contribution in [-0.2, 0) is 6.54 Å².